The molecule has 2 N–H and O–H groups in total. The minimum Gasteiger partial charge on any atom is -0.361 e. The molecule has 35 heavy (non-hydrogen) atoms. The van der Waals surface area contributed by atoms with Gasteiger partial charge in [-0.15, -0.1) is 0 Å². The molecule has 0 bridgehead atoms. The van der Waals surface area contributed by atoms with Gasteiger partial charge in [-0.1, -0.05) is 38.3 Å². The summed E-state index contributed by atoms with van der Waals surface area (Å²) in [5.74, 6) is 0.167. The van der Waals surface area contributed by atoms with Gasteiger partial charge in [-0.3, -0.25) is 0 Å². The Hall–Kier alpha value is -2.49. The normalized spacial score (nSPS) is 20.4. The van der Waals surface area contributed by atoms with E-state index in [1.165, 1.54) is 12.1 Å². The number of anilines is 2. The van der Waals surface area contributed by atoms with Crippen molar-refractivity contribution in [1.29, 1.82) is 0 Å². The van der Waals surface area contributed by atoms with Crippen LogP contribution in [-0.2, 0) is 11.6 Å². The van der Waals surface area contributed by atoms with Crippen LogP contribution in [0.4, 0.5) is 29.3 Å². The SMILES string of the molecule is C[C@@H]1CCCN(c2cc(C(F)(F)F)nc(NC(=S)NCC3(c4ccc(F)cc4)CCCCC3)n2)C1. The molecule has 1 saturated carbocycles. The summed E-state index contributed by atoms with van der Waals surface area (Å²) in [6.45, 7) is 3.87. The van der Waals surface area contributed by atoms with Crippen molar-refractivity contribution < 1.29 is 17.6 Å². The number of piperidine rings is 1. The summed E-state index contributed by atoms with van der Waals surface area (Å²) in [4.78, 5) is 9.93. The summed E-state index contributed by atoms with van der Waals surface area (Å²) >= 11 is 5.42. The summed E-state index contributed by atoms with van der Waals surface area (Å²) in [5, 5.41) is 6.11. The quantitative estimate of drug-likeness (QED) is 0.378. The van der Waals surface area contributed by atoms with E-state index in [0.717, 1.165) is 56.6 Å². The standard InChI is InChI=1S/C25H31F4N5S/c1-17-6-5-13-34(15-17)21-14-20(25(27,28)29)31-22(32-21)33-23(35)30-16-24(11-3-2-4-12-24)18-7-9-19(26)10-8-18/h7-10,14,17H,2-6,11-13,15-16H2,1H3,(H2,30,31,32,33,35)/t17-/m1/s1. The molecule has 1 atom stereocenters. The summed E-state index contributed by atoms with van der Waals surface area (Å²) in [6.07, 6.45) is 2.43. The van der Waals surface area contributed by atoms with Crippen LogP contribution in [0.25, 0.3) is 0 Å². The molecule has 0 amide bonds. The minimum absolute atomic E-state index is 0.161. The molecule has 0 radical (unpaired) electrons. The molecule has 1 aliphatic heterocycles. The molecule has 2 heterocycles. The number of nitrogens with one attached hydrogen (secondary N) is 2. The molecular weight excluding hydrogens is 478 g/mol. The van der Waals surface area contributed by atoms with Gasteiger partial charge in [-0.05, 0) is 61.5 Å². The second kappa shape index (κ2) is 10.6. The van der Waals surface area contributed by atoms with E-state index < -0.39 is 11.9 Å². The average molecular weight is 510 g/mol. The summed E-state index contributed by atoms with van der Waals surface area (Å²) in [5.41, 5.74) is -0.187. The lowest BCUT2D eigenvalue weighted by Gasteiger charge is -2.38. The fourth-order valence-electron chi connectivity index (χ4n) is 5.19. The molecule has 1 aromatic carbocycles. The first-order chi connectivity index (χ1) is 16.6. The minimum atomic E-state index is -4.60. The highest BCUT2D eigenvalue weighted by molar-refractivity contribution is 7.80. The highest BCUT2D eigenvalue weighted by atomic mass is 32.1. The Labute approximate surface area is 208 Å². The van der Waals surface area contributed by atoms with Gasteiger partial charge in [-0.2, -0.15) is 18.2 Å². The van der Waals surface area contributed by atoms with Crippen LogP contribution in [0.15, 0.2) is 30.3 Å². The highest BCUT2D eigenvalue weighted by Gasteiger charge is 2.36. The Morgan fingerprint density at radius 3 is 2.49 bits per heavy atom. The van der Waals surface area contributed by atoms with Crippen LogP contribution >= 0.6 is 12.2 Å². The largest absolute Gasteiger partial charge is 0.433 e. The predicted molar refractivity (Wildman–Crippen MR) is 133 cm³/mol. The van der Waals surface area contributed by atoms with Crippen molar-refractivity contribution >= 4 is 29.1 Å². The van der Waals surface area contributed by atoms with E-state index in [2.05, 4.69) is 27.5 Å². The molecule has 0 unspecified atom stereocenters. The van der Waals surface area contributed by atoms with Gasteiger partial charge in [-0.25, -0.2) is 9.37 Å². The summed E-state index contributed by atoms with van der Waals surface area (Å²) in [6, 6.07) is 7.54. The molecule has 1 saturated heterocycles. The van der Waals surface area contributed by atoms with E-state index in [9.17, 15) is 17.6 Å². The van der Waals surface area contributed by atoms with Gasteiger partial charge < -0.3 is 15.5 Å². The van der Waals surface area contributed by atoms with Crippen molar-refractivity contribution in [2.75, 3.05) is 29.9 Å². The molecule has 1 aromatic heterocycles. The zero-order chi connectivity index (χ0) is 25.1. The third-order valence-corrected chi connectivity index (χ3v) is 7.31. The number of nitrogens with zero attached hydrogens (tertiary/aromatic N) is 3. The van der Waals surface area contributed by atoms with Crippen molar-refractivity contribution in [3.63, 3.8) is 0 Å². The van der Waals surface area contributed by atoms with Gasteiger partial charge in [0.15, 0.2) is 10.8 Å². The average Bonchev–Trinajstić information content (AvgIpc) is 2.83. The van der Waals surface area contributed by atoms with Gasteiger partial charge in [0.05, 0.1) is 0 Å². The number of rotatable bonds is 5. The topological polar surface area (TPSA) is 53.1 Å². The number of alkyl halides is 3. The Bertz CT molecular complexity index is 1020. The molecule has 2 fully saturated rings. The van der Waals surface area contributed by atoms with Crippen LogP contribution in [0.1, 0.15) is 63.1 Å². The lowest BCUT2D eigenvalue weighted by Crippen LogP contribution is -2.43. The van der Waals surface area contributed by atoms with E-state index in [1.807, 2.05) is 4.90 Å². The Morgan fingerprint density at radius 2 is 1.83 bits per heavy atom. The smallest absolute Gasteiger partial charge is 0.361 e. The Kier molecular flexibility index (Phi) is 7.78. The molecule has 190 valence electrons. The van der Waals surface area contributed by atoms with Crippen molar-refractivity contribution in [3.8, 4) is 0 Å². The van der Waals surface area contributed by atoms with Crippen LogP contribution in [0.2, 0.25) is 0 Å². The molecule has 5 nitrogen and oxygen atoms in total. The zero-order valence-corrected chi connectivity index (χ0v) is 20.6. The van der Waals surface area contributed by atoms with E-state index >= 15 is 0 Å². The Balaban J connectivity index is 1.50. The van der Waals surface area contributed by atoms with Crippen molar-refractivity contribution in [2.24, 2.45) is 5.92 Å². The first-order valence-corrected chi connectivity index (χ1v) is 12.6. The van der Waals surface area contributed by atoms with E-state index in [1.54, 1.807) is 12.1 Å². The maximum absolute atomic E-state index is 13.6. The number of hydrogen-bond acceptors (Lipinski definition) is 4. The Morgan fingerprint density at radius 1 is 1.11 bits per heavy atom. The maximum atomic E-state index is 13.6. The fraction of sp³-hybridized carbons (Fsp3) is 0.560. The number of thiocarbonyl (C=S) groups is 1. The van der Waals surface area contributed by atoms with Crippen LogP contribution in [-0.4, -0.2) is 34.7 Å². The van der Waals surface area contributed by atoms with E-state index in [4.69, 9.17) is 12.2 Å². The van der Waals surface area contributed by atoms with Gasteiger partial charge in [0.25, 0.3) is 0 Å². The number of halogens is 4. The zero-order valence-electron chi connectivity index (χ0n) is 19.8. The lowest BCUT2D eigenvalue weighted by molar-refractivity contribution is -0.141. The monoisotopic (exact) mass is 509 g/mol. The maximum Gasteiger partial charge on any atom is 0.433 e. The highest BCUT2D eigenvalue weighted by Crippen LogP contribution is 2.39. The molecule has 2 aromatic rings. The van der Waals surface area contributed by atoms with E-state index in [0.29, 0.717) is 25.6 Å². The molecule has 10 heteroatoms. The van der Waals surface area contributed by atoms with Crippen LogP contribution in [0.3, 0.4) is 0 Å². The van der Waals surface area contributed by atoms with Gasteiger partial charge in [0.1, 0.15) is 11.6 Å². The molecule has 0 spiro atoms. The van der Waals surface area contributed by atoms with Gasteiger partial charge in [0, 0.05) is 31.1 Å². The van der Waals surface area contributed by atoms with Gasteiger partial charge in [0.2, 0.25) is 5.95 Å². The van der Waals surface area contributed by atoms with Gasteiger partial charge >= 0.3 is 6.18 Å². The lowest BCUT2D eigenvalue weighted by atomic mass is 9.69. The van der Waals surface area contributed by atoms with Crippen LogP contribution in [0.5, 0.6) is 0 Å². The molecular formula is C25H31F4N5S. The molecule has 2 aliphatic rings. The molecule has 4 rings (SSSR count). The van der Waals surface area contributed by atoms with Crippen molar-refractivity contribution in [3.05, 3.63) is 47.4 Å². The summed E-state index contributed by atoms with van der Waals surface area (Å²) < 4.78 is 54.2. The number of aromatic nitrogens is 2. The first kappa shape index (κ1) is 25.6. The first-order valence-electron chi connectivity index (χ1n) is 12.2. The third kappa shape index (κ3) is 6.39. The number of hydrogen-bond donors (Lipinski definition) is 2. The van der Waals surface area contributed by atoms with Crippen molar-refractivity contribution in [1.82, 2.24) is 15.3 Å². The summed E-state index contributed by atoms with van der Waals surface area (Å²) in [7, 11) is 0. The third-order valence-electron chi connectivity index (χ3n) is 7.06. The van der Waals surface area contributed by atoms with Crippen molar-refractivity contribution in [2.45, 2.75) is 63.5 Å². The number of benzene rings is 1. The van der Waals surface area contributed by atoms with E-state index in [-0.39, 0.29) is 28.1 Å². The van der Waals surface area contributed by atoms with Crippen LogP contribution < -0.4 is 15.5 Å². The van der Waals surface area contributed by atoms with Crippen LogP contribution in [0, 0.1) is 11.7 Å². The second-order valence-corrected chi connectivity index (χ2v) is 10.2. The second-order valence-electron chi connectivity index (χ2n) is 9.78. The fourth-order valence-corrected chi connectivity index (χ4v) is 5.35. The predicted octanol–water partition coefficient (Wildman–Crippen LogP) is 6.06. The molecule has 1 aliphatic carbocycles.